The first-order valence-corrected chi connectivity index (χ1v) is 10.8. The number of H-pyrrole nitrogens is 1. The lowest BCUT2D eigenvalue weighted by Crippen LogP contribution is -2.38. The maximum absolute atomic E-state index is 14.1. The highest BCUT2D eigenvalue weighted by atomic mass is 19.1. The Morgan fingerprint density at radius 2 is 1.94 bits per heavy atom. The van der Waals surface area contributed by atoms with E-state index in [0.717, 1.165) is 30.6 Å². The van der Waals surface area contributed by atoms with Crippen molar-refractivity contribution in [1.82, 2.24) is 20.1 Å². The molecule has 3 heterocycles. The van der Waals surface area contributed by atoms with E-state index in [9.17, 15) is 9.18 Å². The molecule has 1 unspecified atom stereocenters. The first-order valence-electron chi connectivity index (χ1n) is 10.8. The minimum Gasteiger partial charge on any atom is -0.443 e. The van der Waals surface area contributed by atoms with Crippen LogP contribution in [0.5, 0.6) is 0 Å². The number of piperidine rings is 1. The van der Waals surface area contributed by atoms with E-state index in [1.165, 1.54) is 6.07 Å². The molecular weight excluding hydrogens is 407 g/mol. The molecule has 0 bridgehead atoms. The second-order valence-electron chi connectivity index (χ2n) is 7.98. The lowest BCUT2D eigenvalue weighted by molar-refractivity contribution is 0.0564. The number of halogens is 1. The molecule has 1 amide bonds. The summed E-state index contributed by atoms with van der Waals surface area (Å²) in [5.41, 5.74) is 2.23. The molecule has 4 aromatic rings. The summed E-state index contributed by atoms with van der Waals surface area (Å²) in [6.07, 6.45) is 5.08. The largest absolute Gasteiger partial charge is 0.443 e. The van der Waals surface area contributed by atoms with E-state index in [4.69, 9.17) is 4.42 Å². The quantitative estimate of drug-likeness (QED) is 0.474. The number of nitrogens with zero attached hydrogens (tertiary/aromatic N) is 3. The van der Waals surface area contributed by atoms with Gasteiger partial charge in [-0.05, 0) is 43.0 Å². The maximum Gasteiger partial charge on any atom is 0.272 e. The van der Waals surface area contributed by atoms with Gasteiger partial charge < -0.3 is 9.32 Å². The normalized spacial score (nSPS) is 16.3. The van der Waals surface area contributed by atoms with Crippen molar-refractivity contribution >= 4 is 5.91 Å². The fourth-order valence-electron chi connectivity index (χ4n) is 4.18. The molecule has 2 aromatic heterocycles. The average molecular weight is 430 g/mol. The Bertz CT molecular complexity index is 1220. The fourth-order valence-corrected chi connectivity index (χ4v) is 4.18. The second kappa shape index (κ2) is 8.78. The zero-order valence-corrected chi connectivity index (χ0v) is 17.5. The van der Waals surface area contributed by atoms with Crippen LogP contribution in [0.1, 0.15) is 53.0 Å². The molecule has 0 aliphatic carbocycles. The number of nitrogens with one attached hydrogen (secondary N) is 1. The molecule has 1 saturated heterocycles. The van der Waals surface area contributed by atoms with Crippen molar-refractivity contribution in [3.8, 4) is 11.3 Å². The van der Waals surface area contributed by atoms with Gasteiger partial charge in [0.2, 0.25) is 5.89 Å². The second-order valence-corrected chi connectivity index (χ2v) is 7.98. The molecule has 2 aromatic carbocycles. The Morgan fingerprint density at radius 1 is 1.12 bits per heavy atom. The van der Waals surface area contributed by atoms with Crippen LogP contribution in [0, 0.1) is 5.82 Å². The summed E-state index contributed by atoms with van der Waals surface area (Å²) in [7, 11) is 0. The number of hydrogen-bond donors (Lipinski definition) is 1. The molecule has 6 nitrogen and oxygen atoms in total. The third-order valence-electron chi connectivity index (χ3n) is 5.80. The van der Waals surface area contributed by atoms with Gasteiger partial charge in [0.05, 0.1) is 11.9 Å². The number of carbonyl (C=O) groups is 1. The Kier molecular flexibility index (Phi) is 5.54. The number of oxazole rings is 1. The summed E-state index contributed by atoms with van der Waals surface area (Å²) >= 11 is 0. The predicted molar refractivity (Wildman–Crippen MR) is 117 cm³/mol. The first-order chi connectivity index (χ1) is 15.7. The van der Waals surface area contributed by atoms with Crippen LogP contribution in [0.4, 0.5) is 4.39 Å². The fraction of sp³-hybridized carbons (Fsp3) is 0.240. The smallest absolute Gasteiger partial charge is 0.272 e. The van der Waals surface area contributed by atoms with Crippen LogP contribution >= 0.6 is 0 Å². The zero-order valence-electron chi connectivity index (χ0n) is 17.5. The summed E-state index contributed by atoms with van der Waals surface area (Å²) in [5.74, 6) is 0.762. The topological polar surface area (TPSA) is 75.0 Å². The molecule has 1 aliphatic heterocycles. The molecule has 1 atom stereocenters. The summed E-state index contributed by atoms with van der Waals surface area (Å²) in [5, 5.41) is 6.94. The average Bonchev–Trinajstić information content (AvgIpc) is 3.50. The number of amides is 1. The van der Waals surface area contributed by atoms with Gasteiger partial charge in [-0.25, -0.2) is 9.37 Å². The van der Waals surface area contributed by atoms with Gasteiger partial charge in [0.25, 0.3) is 5.91 Å². The summed E-state index contributed by atoms with van der Waals surface area (Å²) in [6.45, 7) is 0.605. The van der Waals surface area contributed by atoms with Crippen molar-refractivity contribution < 1.29 is 13.6 Å². The number of aromatic nitrogens is 3. The van der Waals surface area contributed by atoms with Gasteiger partial charge in [0, 0.05) is 18.5 Å². The van der Waals surface area contributed by atoms with Gasteiger partial charge in [-0.15, -0.1) is 0 Å². The van der Waals surface area contributed by atoms with Gasteiger partial charge in [-0.2, -0.15) is 5.10 Å². The van der Waals surface area contributed by atoms with Crippen molar-refractivity contribution in [2.75, 3.05) is 6.54 Å². The van der Waals surface area contributed by atoms with Crippen molar-refractivity contribution in [2.45, 2.75) is 31.7 Å². The van der Waals surface area contributed by atoms with E-state index < -0.39 is 0 Å². The van der Waals surface area contributed by atoms with Crippen LogP contribution in [-0.2, 0) is 6.42 Å². The molecule has 0 radical (unpaired) electrons. The SMILES string of the molecule is O=C(c1cc(-c2ccccc2F)n[nH]1)N1CCCCC1c1ncc(Cc2ccccc2)o1. The van der Waals surface area contributed by atoms with Crippen molar-refractivity contribution in [3.63, 3.8) is 0 Å². The number of likely N-dealkylation sites (tertiary alicyclic amines) is 1. The van der Waals surface area contributed by atoms with Crippen molar-refractivity contribution in [2.24, 2.45) is 0 Å². The van der Waals surface area contributed by atoms with Gasteiger partial charge in [-0.1, -0.05) is 42.5 Å². The molecule has 7 heteroatoms. The molecule has 1 fully saturated rings. The summed E-state index contributed by atoms with van der Waals surface area (Å²) < 4.78 is 20.2. The summed E-state index contributed by atoms with van der Waals surface area (Å²) in [6, 6.07) is 17.8. The van der Waals surface area contributed by atoms with Crippen LogP contribution < -0.4 is 0 Å². The highest BCUT2D eigenvalue weighted by Gasteiger charge is 2.33. The predicted octanol–water partition coefficient (Wildman–Crippen LogP) is 5.16. The zero-order chi connectivity index (χ0) is 21.9. The molecule has 5 rings (SSSR count). The standard InChI is InChI=1S/C25H23FN4O2/c26-20-11-5-4-10-19(20)21-15-22(29-28-21)25(31)30-13-7-6-12-23(30)24-27-16-18(32-24)14-17-8-2-1-3-9-17/h1-5,8-11,15-16,23H,6-7,12-14H2,(H,28,29). The summed E-state index contributed by atoms with van der Waals surface area (Å²) in [4.78, 5) is 19.6. The molecule has 0 spiro atoms. The Labute approximate surface area is 185 Å². The molecular formula is C25H23FN4O2. The van der Waals surface area contributed by atoms with E-state index in [0.29, 0.717) is 35.8 Å². The van der Waals surface area contributed by atoms with E-state index in [2.05, 4.69) is 15.2 Å². The number of hydrogen-bond acceptors (Lipinski definition) is 4. The number of carbonyl (C=O) groups excluding carboxylic acids is 1. The Morgan fingerprint density at radius 3 is 2.78 bits per heavy atom. The first kappa shape index (κ1) is 20.2. The van der Waals surface area contributed by atoms with Gasteiger partial charge >= 0.3 is 0 Å². The van der Waals surface area contributed by atoms with E-state index >= 15 is 0 Å². The van der Waals surface area contributed by atoms with E-state index in [1.54, 1.807) is 35.4 Å². The minimum absolute atomic E-state index is 0.187. The third kappa shape index (κ3) is 4.06. The number of benzene rings is 2. The van der Waals surface area contributed by atoms with Crippen molar-refractivity contribution in [1.29, 1.82) is 0 Å². The van der Waals surface area contributed by atoms with E-state index in [1.807, 2.05) is 30.3 Å². The third-order valence-corrected chi connectivity index (χ3v) is 5.80. The highest BCUT2D eigenvalue weighted by Crippen LogP contribution is 2.32. The Balaban J connectivity index is 1.36. The minimum atomic E-state index is -0.375. The lowest BCUT2D eigenvalue weighted by Gasteiger charge is -2.33. The van der Waals surface area contributed by atoms with Gasteiger partial charge in [0.1, 0.15) is 23.3 Å². The van der Waals surface area contributed by atoms with Crippen LogP contribution in [0.3, 0.4) is 0 Å². The number of aromatic amines is 1. The lowest BCUT2D eigenvalue weighted by atomic mass is 10.0. The van der Waals surface area contributed by atoms with Crippen LogP contribution in [0.25, 0.3) is 11.3 Å². The maximum atomic E-state index is 14.1. The van der Waals surface area contributed by atoms with Crippen molar-refractivity contribution in [3.05, 3.63) is 95.6 Å². The molecule has 1 aliphatic rings. The molecule has 1 N–H and O–H groups in total. The molecule has 32 heavy (non-hydrogen) atoms. The Hall–Kier alpha value is -3.74. The monoisotopic (exact) mass is 430 g/mol. The number of rotatable bonds is 5. The van der Waals surface area contributed by atoms with Gasteiger partial charge in [-0.3, -0.25) is 9.89 Å². The highest BCUT2D eigenvalue weighted by molar-refractivity contribution is 5.93. The molecule has 162 valence electrons. The van der Waals surface area contributed by atoms with Crippen LogP contribution in [-0.4, -0.2) is 32.5 Å². The van der Waals surface area contributed by atoms with E-state index in [-0.39, 0.29) is 17.8 Å². The van der Waals surface area contributed by atoms with Crippen LogP contribution in [0.15, 0.2) is 71.3 Å². The van der Waals surface area contributed by atoms with Gasteiger partial charge in [0.15, 0.2) is 0 Å². The molecule has 0 saturated carbocycles. The van der Waals surface area contributed by atoms with Crippen LogP contribution in [0.2, 0.25) is 0 Å².